The summed E-state index contributed by atoms with van der Waals surface area (Å²) >= 11 is 0. The minimum atomic E-state index is -0.656. The highest BCUT2D eigenvalue weighted by Crippen LogP contribution is 2.33. The standard InChI is InChI=1S/C14H13FN2O2/c1-8-5-6-9(15)7-12(8)19-13-10(14(17)18)3-2-4-11(13)16/h2-7H,16H2,1H3,(H2,17,18). The first-order valence-corrected chi connectivity index (χ1v) is 5.61. The van der Waals surface area contributed by atoms with Gasteiger partial charge in [0.05, 0.1) is 11.3 Å². The van der Waals surface area contributed by atoms with Crippen molar-refractivity contribution in [3.8, 4) is 11.5 Å². The van der Waals surface area contributed by atoms with Gasteiger partial charge in [-0.1, -0.05) is 12.1 Å². The van der Waals surface area contributed by atoms with Crippen LogP contribution in [0.25, 0.3) is 0 Å². The molecule has 4 N–H and O–H groups in total. The number of carbonyl (C=O) groups excluding carboxylic acids is 1. The van der Waals surface area contributed by atoms with Crippen LogP contribution >= 0.6 is 0 Å². The maximum Gasteiger partial charge on any atom is 0.252 e. The third-order valence-corrected chi connectivity index (χ3v) is 2.67. The van der Waals surface area contributed by atoms with Gasteiger partial charge in [0, 0.05) is 6.07 Å². The van der Waals surface area contributed by atoms with E-state index in [0.717, 1.165) is 5.56 Å². The van der Waals surface area contributed by atoms with E-state index in [1.165, 1.54) is 18.2 Å². The quantitative estimate of drug-likeness (QED) is 0.832. The Morgan fingerprint density at radius 2 is 2.00 bits per heavy atom. The first-order valence-electron chi connectivity index (χ1n) is 5.61. The Balaban J connectivity index is 2.49. The number of hydrogen-bond donors (Lipinski definition) is 2. The van der Waals surface area contributed by atoms with Gasteiger partial charge in [0.15, 0.2) is 5.75 Å². The summed E-state index contributed by atoms with van der Waals surface area (Å²) in [4.78, 5) is 11.3. The average molecular weight is 260 g/mol. The molecule has 0 aliphatic carbocycles. The molecule has 19 heavy (non-hydrogen) atoms. The lowest BCUT2D eigenvalue weighted by Crippen LogP contribution is -2.13. The van der Waals surface area contributed by atoms with Crippen molar-refractivity contribution in [3.05, 3.63) is 53.3 Å². The molecule has 0 fully saturated rings. The predicted molar refractivity (Wildman–Crippen MR) is 70.6 cm³/mol. The molecule has 0 atom stereocenters. The molecule has 0 aliphatic rings. The number of halogens is 1. The molecule has 2 rings (SSSR count). The summed E-state index contributed by atoms with van der Waals surface area (Å²) in [6, 6.07) is 8.81. The smallest absolute Gasteiger partial charge is 0.252 e. The minimum Gasteiger partial charge on any atom is -0.454 e. The molecular weight excluding hydrogens is 247 g/mol. The van der Waals surface area contributed by atoms with Gasteiger partial charge in [-0.15, -0.1) is 0 Å². The summed E-state index contributed by atoms with van der Waals surface area (Å²) in [7, 11) is 0. The number of primary amides is 1. The Bertz CT molecular complexity index is 641. The van der Waals surface area contributed by atoms with E-state index in [2.05, 4.69) is 0 Å². The topological polar surface area (TPSA) is 78.3 Å². The molecule has 0 aromatic heterocycles. The molecule has 98 valence electrons. The second kappa shape index (κ2) is 4.97. The SMILES string of the molecule is Cc1ccc(F)cc1Oc1c(N)cccc1C(N)=O. The zero-order valence-corrected chi connectivity index (χ0v) is 10.3. The molecular formula is C14H13FN2O2. The van der Waals surface area contributed by atoms with Crippen LogP contribution in [0.1, 0.15) is 15.9 Å². The summed E-state index contributed by atoms with van der Waals surface area (Å²) in [5.41, 5.74) is 12.2. The lowest BCUT2D eigenvalue weighted by molar-refractivity contribution is 0.0998. The molecule has 4 nitrogen and oxygen atoms in total. The lowest BCUT2D eigenvalue weighted by Gasteiger charge is -2.13. The fourth-order valence-electron chi connectivity index (χ4n) is 1.66. The van der Waals surface area contributed by atoms with Gasteiger partial charge in [0.2, 0.25) is 0 Å². The van der Waals surface area contributed by atoms with Crippen LogP contribution in [-0.4, -0.2) is 5.91 Å². The fraction of sp³-hybridized carbons (Fsp3) is 0.0714. The van der Waals surface area contributed by atoms with Crippen LogP contribution in [0, 0.1) is 12.7 Å². The molecule has 0 bridgehead atoms. The maximum absolute atomic E-state index is 13.2. The maximum atomic E-state index is 13.2. The molecule has 5 heteroatoms. The van der Waals surface area contributed by atoms with E-state index in [1.54, 1.807) is 25.1 Å². The third kappa shape index (κ3) is 2.65. The molecule has 0 spiro atoms. The first-order chi connectivity index (χ1) is 8.99. The Morgan fingerprint density at radius 1 is 1.26 bits per heavy atom. The zero-order chi connectivity index (χ0) is 14.0. The summed E-state index contributed by atoms with van der Waals surface area (Å²) < 4.78 is 18.8. The molecule has 2 aromatic carbocycles. The third-order valence-electron chi connectivity index (χ3n) is 2.67. The lowest BCUT2D eigenvalue weighted by atomic mass is 10.1. The van der Waals surface area contributed by atoms with E-state index >= 15 is 0 Å². The molecule has 2 aromatic rings. The highest BCUT2D eigenvalue weighted by Gasteiger charge is 2.14. The molecule has 0 heterocycles. The highest BCUT2D eigenvalue weighted by atomic mass is 19.1. The molecule has 1 amide bonds. The van der Waals surface area contributed by atoms with Crippen LogP contribution < -0.4 is 16.2 Å². The van der Waals surface area contributed by atoms with Gasteiger partial charge in [0.1, 0.15) is 11.6 Å². The summed E-state index contributed by atoms with van der Waals surface area (Å²) in [5, 5.41) is 0. The van der Waals surface area contributed by atoms with Crippen LogP contribution in [0.3, 0.4) is 0 Å². The number of benzene rings is 2. The number of ether oxygens (including phenoxy) is 1. The van der Waals surface area contributed by atoms with Crippen LogP contribution in [-0.2, 0) is 0 Å². The van der Waals surface area contributed by atoms with Gasteiger partial charge in [-0.2, -0.15) is 0 Å². The van der Waals surface area contributed by atoms with E-state index in [9.17, 15) is 9.18 Å². The predicted octanol–water partition coefficient (Wildman–Crippen LogP) is 2.61. The fourth-order valence-corrected chi connectivity index (χ4v) is 1.66. The number of para-hydroxylation sites is 1. The molecule has 0 saturated heterocycles. The van der Waals surface area contributed by atoms with Crippen LogP contribution in [0.5, 0.6) is 11.5 Å². The van der Waals surface area contributed by atoms with E-state index < -0.39 is 11.7 Å². The zero-order valence-electron chi connectivity index (χ0n) is 10.3. The minimum absolute atomic E-state index is 0.142. The monoisotopic (exact) mass is 260 g/mol. The van der Waals surface area contributed by atoms with Crippen molar-refractivity contribution in [1.29, 1.82) is 0 Å². The van der Waals surface area contributed by atoms with E-state index in [1.807, 2.05) is 0 Å². The van der Waals surface area contributed by atoms with Gasteiger partial charge in [-0.05, 0) is 30.7 Å². The van der Waals surface area contributed by atoms with Crippen molar-refractivity contribution in [2.24, 2.45) is 5.73 Å². The Hall–Kier alpha value is -2.56. The van der Waals surface area contributed by atoms with Gasteiger partial charge in [-0.3, -0.25) is 4.79 Å². The van der Waals surface area contributed by atoms with E-state index in [0.29, 0.717) is 5.75 Å². The van der Waals surface area contributed by atoms with Crippen molar-refractivity contribution in [2.45, 2.75) is 6.92 Å². The number of anilines is 1. The Kier molecular flexibility index (Phi) is 3.37. The first kappa shape index (κ1) is 12.9. The largest absolute Gasteiger partial charge is 0.454 e. The van der Waals surface area contributed by atoms with E-state index in [-0.39, 0.29) is 17.0 Å². The molecule has 0 saturated carbocycles. The number of nitrogens with two attached hydrogens (primary N) is 2. The number of nitrogen functional groups attached to an aromatic ring is 1. The van der Waals surface area contributed by atoms with Gasteiger partial charge in [0.25, 0.3) is 5.91 Å². The van der Waals surface area contributed by atoms with Crippen LogP contribution in [0.4, 0.5) is 10.1 Å². The van der Waals surface area contributed by atoms with Crippen molar-refractivity contribution in [3.63, 3.8) is 0 Å². The second-order valence-corrected chi connectivity index (χ2v) is 4.10. The average Bonchev–Trinajstić information content (AvgIpc) is 2.35. The number of hydrogen-bond acceptors (Lipinski definition) is 3. The number of amides is 1. The molecule has 0 radical (unpaired) electrons. The van der Waals surface area contributed by atoms with Crippen LogP contribution in [0.15, 0.2) is 36.4 Å². The van der Waals surface area contributed by atoms with Gasteiger partial charge in [-0.25, -0.2) is 4.39 Å². The van der Waals surface area contributed by atoms with Crippen molar-refractivity contribution in [2.75, 3.05) is 5.73 Å². The van der Waals surface area contributed by atoms with E-state index in [4.69, 9.17) is 16.2 Å². The number of aryl methyl sites for hydroxylation is 1. The molecule has 0 aliphatic heterocycles. The van der Waals surface area contributed by atoms with Crippen molar-refractivity contribution >= 4 is 11.6 Å². The number of carbonyl (C=O) groups is 1. The normalized spacial score (nSPS) is 10.2. The summed E-state index contributed by atoms with van der Waals surface area (Å²) in [5.74, 6) is -0.656. The van der Waals surface area contributed by atoms with Gasteiger partial charge >= 0.3 is 0 Å². The Morgan fingerprint density at radius 3 is 2.68 bits per heavy atom. The summed E-state index contributed by atoms with van der Waals surface area (Å²) in [6.45, 7) is 1.76. The second-order valence-electron chi connectivity index (χ2n) is 4.10. The highest BCUT2D eigenvalue weighted by molar-refractivity contribution is 5.97. The van der Waals surface area contributed by atoms with Gasteiger partial charge < -0.3 is 16.2 Å². The molecule has 0 unspecified atom stereocenters. The number of rotatable bonds is 3. The van der Waals surface area contributed by atoms with Crippen LogP contribution in [0.2, 0.25) is 0 Å². The Labute approximate surface area is 109 Å². The van der Waals surface area contributed by atoms with Crippen molar-refractivity contribution in [1.82, 2.24) is 0 Å². The summed E-state index contributed by atoms with van der Waals surface area (Å²) in [6.07, 6.45) is 0. The van der Waals surface area contributed by atoms with Crippen molar-refractivity contribution < 1.29 is 13.9 Å².